The molecule has 0 aliphatic carbocycles. The second-order valence-electron chi connectivity index (χ2n) is 3.98. The molecule has 0 fully saturated rings. The van der Waals surface area contributed by atoms with Crippen LogP contribution in [0.5, 0.6) is 0 Å². The maximum absolute atomic E-state index is 12.0. The third-order valence-corrected chi connectivity index (χ3v) is 3.10. The number of halogens is 2. The summed E-state index contributed by atoms with van der Waals surface area (Å²) >= 11 is 11.8. The fourth-order valence-electron chi connectivity index (χ4n) is 1.50. The number of carbonyl (C=O) groups excluding carboxylic acids is 1. The number of nitrogens with one attached hydrogen (secondary N) is 1. The normalized spacial score (nSPS) is 11.2. The van der Waals surface area contributed by atoms with Gasteiger partial charge in [0.2, 0.25) is 0 Å². The number of amides is 1. The fourth-order valence-corrected chi connectivity index (χ4v) is 1.88. The highest BCUT2D eigenvalue weighted by atomic mass is 35.5. The van der Waals surface area contributed by atoms with Gasteiger partial charge in [-0.15, -0.1) is 0 Å². The molecule has 0 saturated carbocycles. The SMILES string of the molecule is C/C(=N\NC(=O)c1cc(Cl)ccc1Cl)c1ccccn1. The average Bonchev–Trinajstić information content (AvgIpc) is 2.47. The first-order valence-corrected chi connectivity index (χ1v) is 6.54. The first-order chi connectivity index (χ1) is 9.58. The molecule has 0 aliphatic heterocycles. The molecular weight excluding hydrogens is 297 g/mol. The van der Waals surface area contributed by atoms with Crippen LogP contribution in [-0.4, -0.2) is 16.6 Å². The van der Waals surface area contributed by atoms with Gasteiger partial charge < -0.3 is 0 Å². The lowest BCUT2D eigenvalue weighted by Crippen LogP contribution is -2.20. The van der Waals surface area contributed by atoms with E-state index in [0.29, 0.717) is 21.5 Å². The largest absolute Gasteiger partial charge is 0.272 e. The van der Waals surface area contributed by atoms with Crippen molar-refractivity contribution in [3.63, 3.8) is 0 Å². The van der Waals surface area contributed by atoms with Crippen molar-refractivity contribution in [1.29, 1.82) is 0 Å². The number of pyridine rings is 1. The molecule has 0 spiro atoms. The first kappa shape index (κ1) is 14.5. The Balaban J connectivity index is 2.14. The molecule has 0 unspecified atom stereocenters. The summed E-state index contributed by atoms with van der Waals surface area (Å²) in [7, 11) is 0. The van der Waals surface area contributed by atoms with Crippen molar-refractivity contribution in [2.24, 2.45) is 5.10 Å². The molecule has 6 heteroatoms. The minimum absolute atomic E-state index is 0.275. The lowest BCUT2D eigenvalue weighted by Gasteiger charge is -2.04. The molecule has 0 saturated heterocycles. The summed E-state index contributed by atoms with van der Waals surface area (Å²) < 4.78 is 0. The van der Waals surface area contributed by atoms with E-state index in [1.165, 1.54) is 6.07 Å². The molecule has 0 bridgehead atoms. The summed E-state index contributed by atoms with van der Waals surface area (Å²) in [5, 5.41) is 4.75. The summed E-state index contributed by atoms with van der Waals surface area (Å²) in [6, 6.07) is 10.1. The van der Waals surface area contributed by atoms with Crippen LogP contribution in [0, 0.1) is 0 Å². The predicted octanol–water partition coefficient (Wildman–Crippen LogP) is 3.54. The van der Waals surface area contributed by atoms with Crippen LogP contribution in [0.2, 0.25) is 10.0 Å². The summed E-state index contributed by atoms with van der Waals surface area (Å²) in [5.74, 6) is -0.423. The molecule has 1 aromatic carbocycles. The number of hydrazone groups is 1. The van der Waals surface area contributed by atoms with E-state index in [2.05, 4.69) is 15.5 Å². The molecule has 0 atom stereocenters. The Labute approximate surface area is 126 Å². The number of benzene rings is 1. The molecule has 0 aliphatic rings. The van der Waals surface area contributed by atoms with Crippen molar-refractivity contribution in [1.82, 2.24) is 10.4 Å². The van der Waals surface area contributed by atoms with Crippen LogP contribution in [0.25, 0.3) is 0 Å². The number of carbonyl (C=O) groups is 1. The van der Waals surface area contributed by atoms with Crippen LogP contribution in [0.3, 0.4) is 0 Å². The van der Waals surface area contributed by atoms with Gasteiger partial charge in [-0.3, -0.25) is 9.78 Å². The third-order valence-electron chi connectivity index (χ3n) is 2.53. The number of hydrogen-bond acceptors (Lipinski definition) is 3. The van der Waals surface area contributed by atoms with Crippen LogP contribution in [0.15, 0.2) is 47.7 Å². The molecule has 2 aromatic rings. The van der Waals surface area contributed by atoms with E-state index >= 15 is 0 Å². The molecule has 4 nitrogen and oxygen atoms in total. The van der Waals surface area contributed by atoms with Gasteiger partial charge in [0.05, 0.1) is 22.0 Å². The van der Waals surface area contributed by atoms with Gasteiger partial charge in [-0.2, -0.15) is 5.10 Å². The van der Waals surface area contributed by atoms with Crippen molar-refractivity contribution in [2.45, 2.75) is 6.92 Å². The Bertz CT molecular complexity index is 657. The Morgan fingerprint density at radius 2 is 2.05 bits per heavy atom. The minimum Gasteiger partial charge on any atom is -0.267 e. The number of hydrogen-bond donors (Lipinski definition) is 1. The molecule has 1 aromatic heterocycles. The van der Waals surface area contributed by atoms with E-state index in [4.69, 9.17) is 23.2 Å². The molecule has 1 heterocycles. The molecule has 20 heavy (non-hydrogen) atoms. The van der Waals surface area contributed by atoms with Crippen molar-refractivity contribution >= 4 is 34.8 Å². The second kappa shape index (κ2) is 6.50. The van der Waals surface area contributed by atoms with E-state index in [1.54, 1.807) is 37.4 Å². The van der Waals surface area contributed by atoms with Gasteiger partial charge in [0.15, 0.2) is 0 Å². The van der Waals surface area contributed by atoms with Crippen molar-refractivity contribution in [3.05, 3.63) is 63.9 Å². The zero-order chi connectivity index (χ0) is 14.5. The number of aromatic nitrogens is 1. The Kier molecular flexibility index (Phi) is 4.71. The summed E-state index contributed by atoms with van der Waals surface area (Å²) in [6.07, 6.45) is 1.66. The van der Waals surface area contributed by atoms with Crippen LogP contribution in [0.4, 0.5) is 0 Å². The zero-order valence-electron chi connectivity index (χ0n) is 10.6. The number of rotatable bonds is 3. The van der Waals surface area contributed by atoms with E-state index in [1.807, 2.05) is 6.07 Å². The Hall–Kier alpha value is -1.91. The fraction of sp³-hybridized carbons (Fsp3) is 0.0714. The van der Waals surface area contributed by atoms with Crippen LogP contribution in [0.1, 0.15) is 23.0 Å². The van der Waals surface area contributed by atoms with Crippen molar-refractivity contribution < 1.29 is 4.79 Å². The third kappa shape index (κ3) is 3.56. The highest BCUT2D eigenvalue weighted by molar-refractivity contribution is 6.35. The zero-order valence-corrected chi connectivity index (χ0v) is 12.1. The Morgan fingerprint density at radius 1 is 1.25 bits per heavy atom. The van der Waals surface area contributed by atoms with Gasteiger partial charge in [0.25, 0.3) is 5.91 Å². The molecule has 1 amide bonds. The van der Waals surface area contributed by atoms with E-state index in [0.717, 1.165) is 0 Å². The van der Waals surface area contributed by atoms with Crippen molar-refractivity contribution in [3.8, 4) is 0 Å². The standard InChI is InChI=1S/C14H11Cl2N3O/c1-9(13-4-2-3-7-17-13)18-19-14(20)11-8-10(15)5-6-12(11)16/h2-8H,1H3,(H,19,20)/b18-9+. The predicted molar refractivity (Wildman–Crippen MR) is 80.4 cm³/mol. The highest BCUT2D eigenvalue weighted by Crippen LogP contribution is 2.20. The van der Waals surface area contributed by atoms with E-state index in [9.17, 15) is 4.79 Å². The molecule has 1 N–H and O–H groups in total. The van der Waals surface area contributed by atoms with Gasteiger partial charge in [-0.1, -0.05) is 29.3 Å². The van der Waals surface area contributed by atoms with Gasteiger partial charge in [-0.25, -0.2) is 5.43 Å². The van der Waals surface area contributed by atoms with Crippen LogP contribution >= 0.6 is 23.2 Å². The minimum atomic E-state index is -0.423. The summed E-state index contributed by atoms with van der Waals surface area (Å²) in [6.45, 7) is 1.75. The smallest absolute Gasteiger partial charge is 0.267 e. The molecule has 2 rings (SSSR count). The summed E-state index contributed by atoms with van der Waals surface area (Å²) in [5.41, 5.74) is 3.99. The van der Waals surface area contributed by atoms with Gasteiger partial charge in [0, 0.05) is 11.2 Å². The first-order valence-electron chi connectivity index (χ1n) is 5.79. The van der Waals surface area contributed by atoms with E-state index < -0.39 is 5.91 Å². The second-order valence-corrected chi connectivity index (χ2v) is 4.82. The van der Waals surface area contributed by atoms with E-state index in [-0.39, 0.29) is 5.56 Å². The summed E-state index contributed by atoms with van der Waals surface area (Å²) in [4.78, 5) is 16.1. The van der Waals surface area contributed by atoms with Crippen LogP contribution < -0.4 is 5.43 Å². The van der Waals surface area contributed by atoms with Gasteiger partial charge in [-0.05, 0) is 37.3 Å². The molecular formula is C14H11Cl2N3O. The lowest BCUT2D eigenvalue weighted by atomic mass is 10.2. The number of nitrogens with zero attached hydrogens (tertiary/aromatic N) is 2. The highest BCUT2D eigenvalue weighted by Gasteiger charge is 2.10. The maximum atomic E-state index is 12.0. The van der Waals surface area contributed by atoms with Crippen molar-refractivity contribution in [2.75, 3.05) is 0 Å². The topological polar surface area (TPSA) is 54.4 Å². The quantitative estimate of drug-likeness (QED) is 0.696. The average molecular weight is 308 g/mol. The monoisotopic (exact) mass is 307 g/mol. The maximum Gasteiger partial charge on any atom is 0.272 e. The van der Waals surface area contributed by atoms with Gasteiger partial charge in [0.1, 0.15) is 0 Å². The molecule has 102 valence electrons. The van der Waals surface area contributed by atoms with Gasteiger partial charge >= 0.3 is 0 Å². The molecule has 0 radical (unpaired) electrons. The van der Waals surface area contributed by atoms with Crippen LogP contribution in [-0.2, 0) is 0 Å². The Morgan fingerprint density at radius 3 is 2.75 bits per heavy atom. The lowest BCUT2D eigenvalue weighted by molar-refractivity contribution is 0.0955.